The molecule has 0 aliphatic carbocycles. The highest BCUT2D eigenvalue weighted by Crippen LogP contribution is 2.35. The van der Waals surface area contributed by atoms with Crippen LogP contribution in [0.4, 0.5) is 0 Å². The molecule has 7 heteroatoms. The number of phenols is 1. The van der Waals surface area contributed by atoms with Crippen LogP contribution in [-0.4, -0.2) is 27.1 Å². The summed E-state index contributed by atoms with van der Waals surface area (Å²) in [6, 6.07) is 16.8. The number of phenolic OH excluding ortho intramolecular Hbond substituents is 1. The van der Waals surface area contributed by atoms with Gasteiger partial charge < -0.3 is 10.4 Å². The number of hydrogen-bond acceptors (Lipinski definition) is 5. The second kappa shape index (κ2) is 9.14. The fourth-order valence-corrected chi connectivity index (χ4v) is 4.57. The molecule has 2 aromatic heterocycles. The maximum Gasteiger partial charge on any atom is 0.262 e. The predicted molar refractivity (Wildman–Crippen MR) is 123 cm³/mol. The minimum absolute atomic E-state index is 0.115. The summed E-state index contributed by atoms with van der Waals surface area (Å²) in [5.41, 5.74) is 2.83. The van der Waals surface area contributed by atoms with Crippen LogP contribution in [0.5, 0.6) is 5.75 Å². The Labute approximate surface area is 183 Å². The van der Waals surface area contributed by atoms with Gasteiger partial charge in [0.1, 0.15) is 10.6 Å². The smallest absolute Gasteiger partial charge is 0.262 e. The standard InChI is InChI=1S/C24H23N3O3S/c1-16-21(18-5-3-2-4-6-18)22-23(31-16)26-15-27(24(22)30)14-12-20(29)25-13-11-17-7-9-19(28)10-8-17/h2-10,15,28H,11-14H2,1H3,(H,25,29). The van der Waals surface area contributed by atoms with Crippen molar-refractivity contribution >= 4 is 27.5 Å². The summed E-state index contributed by atoms with van der Waals surface area (Å²) in [5, 5.41) is 12.8. The number of rotatable bonds is 7. The number of carbonyl (C=O) groups excluding carboxylic acids is 1. The molecular weight excluding hydrogens is 410 g/mol. The number of aryl methyl sites for hydroxylation is 2. The Morgan fingerprint density at radius 1 is 1.13 bits per heavy atom. The zero-order valence-corrected chi connectivity index (χ0v) is 18.0. The third-order valence-electron chi connectivity index (χ3n) is 5.17. The summed E-state index contributed by atoms with van der Waals surface area (Å²) in [7, 11) is 0. The van der Waals surface area contributed by atoms with Crippen molar-refractivity contribution < 1.29 is 9.90 Å². The van der Waals surface area contributed by atoms with Crippen LogP contribution in [0, 0.1) is 6.92 Å². The number of nitrogens with zero attached hydrogens (tertiary/aromatic N) is 2. The Morgan fingerprint density at radius 3 is 2.61 bits per heavy atom. The van der Waals surface area contributed by atoms with E-state index in [0.29, 0.717) is 18.4 Å². The van der Waals surface area contributed by atoms with E-state index in [9.17, 15) is 14.7 Å². The molecule has 0 saturated heterocycles. The van der Waals surface area contributed by atoms with Crippen molar-refractivity contribution in [1.82, 2.24) is 14.9 Å². The van der Waals surface area contributed by atoms with Gasteiger partial charge in [-0.3, -0.25) is 14.2 Å². The molecule has 0 unspecified atom stereocenters. The van der Waals surface area contributed by atoms with Gasteiger partial charge in [-0.1, -0.05) is 42.5 Å². The summed E-state index contributed by atoms with van der Waals surface area (Å²) in [6.07, 6.45) is 2.40. The Bertz CT molecular complexity index is 1260. The molecule has 0 spiro atoms. The fourth-order valence-electron chi connectivity index (χ4n) is 3.57. The van der Waals surface area contributed by atoms with Crippen molar-refractivity contribution in [1.29, 1.82) is 0 Å². The molecule has 0 aliphatic rings. The monoisotopic (exact) mass is 433 g/mol. The molecule has 2 heterocycles. The van der Waals surface area contributed by atoms with Crippen molar-refractivity contribution in [3.63, 3.8) is 0 Å². The molecule has 0 saturated carbocycles. The van der Waals surface area contributed by atoms with Crippen molar-refractivity contribution in [3.8, 4) is 16.9 Å². The molecule has 6 nitrogen and oxygen atoms in total. The molecule has 0 aliphatic heterocycles. The Morgan fingerprint density at radius 2 is 1.87 bits per heavy atom. The van der Waals surface area contributed by atoms with Crippen LogP contribution < -0.4 is 10.9 Å². The lowest BCUT2D eigenvalue weighted by Crippen LogP contribution is -2.29. The van der Waals surface area contributed by atoms with Gasteiger partial charge in [0.25, 0.3) is 5.56 Å². The molecule has 2 N–H and O–H groups in total. The predicted octanol–water partition coefficient (Wildman–Crippen LogP) is 3.89. The third-order valence-corrected chi connectivity index (χ3v) is 6.18. The van der Waals surface area contributed by atoms with Crippen molar-refractivity contribution in [2.24, 2.45) is 0 Å². The molecule has 4 rings (SSSR count). The van der Waals surface area contributed by atoms with E-state index in [0.717, 1.165) is 26.4 Å². The van der Waals surface area contributed by atoms with E-state index < -0.39 is 0 Å². The fraction of sp³-hybridized carbons (Fsp3) is 0.208. The summed E-state index contributed by atoms with van der Waals surface area (Å²) < 4.78 is 1.51. The highest BCUT2D eigenvalue weighted by molar-refractivity contribution is 7.19. The Hall–Kier alpha value is -3.45. The van der Waals surface area contributed by atoms with Crippen LogP contribution in [0.2, 0.25) is 0 Å². The number of nitrogens with one attached hydrogen (secondary N) is 1. The van der Waals surface area contributed by atoms with Gasteiger partial charge in [0.2, 0.25) is 5.91 Å². The van der Waals surface area contributed by atoms with Gasteiger partial charge in [-0.05, 0) is 36.6 Å². The largest absolute Gasteiger partial charge is 0.508 e. The highest BCUT2D eigenvalue weighted by Gasteiger charge is 2.17. The Balaban J connectivity index is 1.44. The number of benzene rings is 2. The lowest BCUT2D eigenvalue weighted by molar-refractivity contribution is -0.121. The van der Waals surface area contributed by atoms with E-state index in [-0.39, 0.29) is 30.2 Å². The number of fused-ring (bicyclic) bond motifs is 1. The van der Waals surface area contributed by atoms with Crippen LogP contribution in [-0.2, 0) is 17.8 Å². The van der Waals surface area contributed by atoms with Crippen molar-refractivity contribution in [2.45, 2.75) is 26.3 Å². The number of aromatic hydroxyl groups is 1. The topological polar surface area (TPSA) is 84.2 Å². The van der Waals surface area contributed by atoms with E-state index in [1.165, 1.54) is 22.2 Å². The Kier molecular flexibility index (Phi) is 6.13. The molecule has 2 aromatic carbocycles. The summed E-state index contributed by atoms with van der Waals surface area (Å²) in [5.74, 6) is 0.107. The van der Waals surface area contributed by atoms with E-state index >= 15 is 0 Å². The molecule has 0 fully saturated rings. The van der Waals surface area contributed by atoms with Gasteiger partial charge in [0.05, 0.1) is 11.7 Å². The van der Waals surface area contributed by atoms with E-state index in [4.69, 9.17) is 0 Å². The van der Waals surface area contributed by atoms with Crippen LogP contribution in [0.15, 0.2) is 65.7 Å². The van der Waals surface area contributed by atoms with Gasteiger partial charge in [0, 0.05) is 30.0 Å². The quantitative estimate of drug-likeness (QED) is 0.463. The normalized spacial score (nSPS) is 11.0. The molecule has 0 radical (unpaired) electrons. The number of carbonyl (C=O) groups is 1. The molecular formula is C24H23N3O3S. The minimum atomic E-state index is -0.120. The number of amides is 1. The van der Waals surface area contributed by atoms with Crippen molar-refractivity contribution in [3.05, 3.63) is 81.7 Å². The van der Waals surface area contributed by atoms with Gasteiger partial charge in [0.15, 0.2) is 0 Å². The van der Waals surface area contributed by atoms with Crippen molar-refractivity contribution in [2.75, 3.05) is 6.54 Å². The summed E-state index contributed by atoms with van der Waals surface area (Å²) >= 11 is 1.51. The maximum absolute atomic E-state index is 13.2. The van der Waals surface area contributed by atoms with Crippen LogP contribution in [0.3, 0.4) is 0 Å². The molecule has 4 aromatic rings. The molecule has 0 bridgehead atoms. The highest BCUT2D eigenvalue weighted by atomic mass is 32.1. The van der Waals surface area contributed by atoms with Gasteiger partial charge >= 0.3 is 0 Å². The number of thiophene rings is 1. The average molecular weight is 434 g/mol. The number of aromatic nitrogens is 2. The first kappa shape index (κ1) is 20.8. The van der Waals surface area contributed by atoms with Gasteiger partial charge in [-0.25, -0.2) is 4.98 Å². The first-order valence-electron chi connectivity index (χ1n) is 10.1. The van der Waals surface area contributed by atoms with E-state index in [2.05, 4.69) is 10.3 Å². The lowest BCUT2D eigenvalue weighted by atomic mass is 10.0. The zero-order valence-electron chi connectivity index (χ0n) is 17.2. The lowest BCUT2D eigenvalue weighted by Gasteiger charge is -2.08. The van der Waals surface area contributed by atoms with Crippen LogP contribution >= 0.6 is 11.3 Å². The van der Waals surface area contributed by atoms with Crippen LogP contribution in [0.1, 0.15) is 16.9 Å². The van der Waals surface area contributed by atoms with E-state index in [1.54, 1.807) is 12.1 Å². The van der Waals surface area contributed by atoms with Gasteiger partial charge in [-0.2, -0.15) is 0 Å². The second-order valence-electron chi connectivity index (χ2n) is 7.34. The summed E-state index contributed by atoms with van der Waals surface area (Å²) in [4.78, 5) is 31.6. The minimum Gasteiger partial charge on any atom is -0.508 e. The molecule has 0 atom stereocenters. The zero-order chi connectivity index (χ0) is 21.8. The first-order valence-corrected chi connectivity index (χ1v) is 10.9. The summed E-state index contributed by atoms with van der Waals surface area (Å²) in [6.45, 7) is 2.77. The maximum atomic E-state index is 13.2. The van der Waals surface area contributed by atoms with Crippen LogP contribution in [0.25, 0.3) is 21.3 Å². The number of hydrogen-bond donors (Lipinski definition) is 2. The SMILES string of the molecule is Cc1sc2ncn(CCC(=O)NCCc3ccc(O)cc3)c(=O)c2c1-c1ccccc1. The average Bonchev–Trinajstić information content (AvgIpc) is 3.12. The third kappa shape index (κ3) is 4.67. The molecule has 31 heavy (non-hydrogen) atoms. The molecule has 1 amide bonds. The van der Waals surface area contributed by atoms with Gasteiger partial charge in [-0.15, -0.1) is 11.3 Å². The second-order valence-corrected chi connectivity index (χ2v) is 8.54. The molecule has 158 valence electrons. The first-order chi connectivity index (χ1) is 15.0. The van der Waals surface area contributed by atoms with E-state index in [1.807, 2.05) is 49.4 Å².